The summed E-state index contributed by atoms with van der Waals surface area (Å²) in [7, 11) is -3.95. The minimum atomic E-state index is -3.95. The van der Waals surface area contributed by atoms with Crippen molar-refractivity contribution in [3.63, 3.8) is 0 Å². The van der Waals surface area contributed by atoms with Gasteiger partial charge in [-0.2, -0.15) is 13.5 Å². The third-order valence-electron chi connectivity index (χ3n) is 3.58. The Balaban J connectivity index is 2.13. The number of nitrogens with zero attached hydrogens (tertiary/aromatic N) is 1. The van der Waals surface area contributed by atoms with Crippen LogP contribution in [-0.2, 0) is 14.9 Å². The summed E-state index contributed by atoms with van der Waals surface area (Å²) in [6.45, 7) is 3.87. The van der Waals surface area contributed by atoms with E-state index in [1.165, 1.54) is 24.4 Å². The van der Waals surface area contributed by atoms with Crippen molar-refractivity contribution in [2.75, 3.05) is 0 Å². The second-order valence-corrected chi connectivity index (χ2v) is 7.33. The van der Waals surface area contributed by atoms with Crippen molar-refractivity contribution in [3.05, 3.63) is 59.7 Å². The Bertz CT molecular complexity index is 875. The Hall–Kier alpha value is -2.67. The molecule has 0 heterocycles. The average molecular weight is 374 g/mol. The molecule has 2 rings (SSSR count). The van der Waals surface area contributed by atoms with E-state index < -0.39 is 10.1 Å². The first kappa shape index (κ1) is 19.7. The van der Waals surface area contributed by atoms with E-state index in [2.05, 4.69) is 10.5 Å². The number of hydrogen-bond donors (Lipinski definition) is 1. The third kappa shape index (κ3) is 5.70. The molecule has 0 spiro atoms. The molecule has 0 aliphatic heterocycles. The number of carbonyl (C=O) groups is 1. The molecule has 0 saturated carbocycles. The van der Waals surface area contributed by atoms with Gasteiger partial charge in [-0.25, -0.2) is 5.43 Å². The lowest BCUT2D eigenvalue weighted by Crippen LogP contribution is -2.17. The summed E-state index contributed by atoms with van der Waals surface area (Å²) in [6, 6.07) is 13.0. The summed E-state index contributed by atoms with van der Waals surface area (Å²) in [6.07, 6.45) is 3.47. The zero-order valence-electron chi connectivity index (χ0n) is 14.8. The molecule has 1 amide bonds. The van der Waals surface area contributed by atoms with Gasteiger partial charge in [-0.05, 0) is 37.6 Å². The van der Waals surface area contributed by atoms with Crippen LogP contribution >= 0.6 is 0 Å². The van der Waals surface area contributed by atoms with Gasteiger partial charge in [-0.3, -0.25) is 4.79 Å². The molecular formula is C19H22N2O4S. The number of carbonyl (C=O) groups excluding carboxylic acids is 1. The third-order valence-corrected chi connectivity index (χ3v) is 4.83. The van der Waals surface area contributed by atoms with Crippen molar-refractivity contribution in [3.8, 4) is 5.75 Å². The predicted octanol–water partition coefficient (Wildman–Crippen LogP) is 3.40. The van der Waals surface area contributed by atoms with Crippen LogP contribution in [0.25, 0.3) is 0 Å². The smallest absolute Gasteiger partial charge is 0.339 e. The first-order valence-corrected chi connectivity index (χ1v) is 9.75. The van der Waals surface area contributed by atoms with Gasteiger partial charge in [0.2, 0.25) is 5.91 Å². The SMILES string of the molecule is CCCCC(=O)N/N=C\c1ccccc1OS(=O)(=O)c1ccc(C)cc1. The molecule has 0 aliphatic rings. The van der Waals surface area contributed by atoms with E-state index >= 15 is 0 Å². The van der Waals surface area contributed by atoms with Gasteiger partial charge in [0.25, 0.3) is 0 Å². The van der Waals surface area contributed by atoms with Gasteiger partial charge in [-0.1, -0.05) is 43.2 Å². The summed E-state index contributed by atoms with van der Waals surface area (Å²) in [5, 5.41) is 3.87. The van der Waals surface area contributed by atoms with Gasteiger partial charge in [-0.15, -0.1) is 0 Å². The molecule has 0 unspecified atom stereocenters. The van der Waals surface area contributed by atoms with Crippen molar-refractivity contribution in [2.24, 2.45) is 5.10 Å². The van der Waals surface area contributed by atoms with Gasteiger partial charge in [0.05, 0.1) is 6.21 Å². The highest BCUT2D eigenvalue weighted by Crippen LogP contribution is 2.22. The monoisotopic (exact) mass is 374 g/mol. The van der Waals surface area contributed by atoms with Gasteiger partial charge in [0.1, 0.15) is 4.90 Å². The molecular weight excluding hydrogens is 352 g/mol. The fourth-order valence-corrected chi connectivity index (χ4v) is 3.06. The Morgan fingerprint density at radius 2 is 1.85 bits per heavy atom. The maximum atomic E-state index is 12.4. The van der Waals surface area contributed by atoms with Crippen LogP contribution in [0.4, 0.5) is 0 Å². The lowest BCUT2D eigenvalue weighted by Gasteiger charge is -2.09. The highest BCUT2D eigenvalue weighted by molar-refractivity contribution is 7.87. The maximum absolute atomic E-state index is 12.4. The summed E-state index contributed by atoms with van der Waals surface area (Å²) in [5.74, 6) is -0.0478. The molecule has 0 fully saturated rings. The van der Waals surface area contributed by atoms with E-state index in [9.17, 15) is 13.2 Å². The fourth-order valence-electron chi connectivity index (χ4n) is 2.10. The molecule has 0 bridgehead atoms. The summed E-state index contributed by atoms with van der Waals surface area (Å²) in [4.78, 5) is 11.6. The second-order valence-electron chi connectivity index (χ2n) is 5.79. The van der Waals surface area contributed by atoms with Crippen molar-refractivity contribution in [1.82, 2.24) is 5.43 Å². The van der Waals surface area contributed by atoms with Crippen LogP contribution in [0, 0.1) is 6.92 Å². The number of amides is 1. The molecule has 0 saturated heterocycles. The number of hydrazone groups is 1. The Kier molecular flexibility index (Phi) is 6.91. The number of aryl methyl sites for hydroxylation is 1. The number of nitrogens with one attached hydrogen (secondary N) is 1. The number of rotatable bonds is 8. The molecule has 138 valence electrons. The predicted molar refractivity (Wildman–Crippen MR) is 101 cm³/mol. The second kappa shape index (κ2) is 9.15. The van der Waals surface area contributed by atoms with E-state index in [-0.39, 0.29) is 16.6 Å². The van der Waals surface area contributed by atoms with Gasteiger partial charge < -0.3 is 4.18 Å². The van der Waals surface area contributed by atoms with E-state index in [4.69, 9.17) is 4.18 Å². The fraction of sp³-hybridized carbons (Fsp3) is 0.263. The molecule has 26 heavy (non-hydrogen) atoms. The largest absolute Gasteiger partial charge is 0.378 e. The average Bonchev–Trinajstić information content (AvgIpc) is 2.61. The minimum absolute atomic E-state index is 0.0720. The van der Waals surface area contributed by atoms with Crippen LogP contribution in [-0.4, -0.2) is 20.5 Å². The van der Waals surface area contributed by atoms with Crippen molar-refractivity contribution < 1.29 is 17.4 Å². The quantitative estimate of drug-likeness (QED) is 0.436. The van der Waals surface area contributed by atoms with E-state index in [1.54, 1.807) is 30.3 Å². The Morgan fingerprint density at radius 3 is 2.54 bits per heavy atom. The molecule has 6 nitrogen and oxygen atoms in total. The Labute approximate surface area is 154 Å². The van der Waals surface area contributed by atoms with Crippen LogP contribution in [0.5, 0.6) is 5.75 Å². The van der Waals surface area contributed by atoms with Gasteiger partial charge >= 0.3 is 10.1 Å². The lowest BCUT2D eigenvalue weighted by atomic mass is 10.2. The first-order valence-electron chi connectivity index (χ1n) is 8.34. The highest BCUT2D eigenvalue weighted by Gasteiger charge is 2.17. The van der Waals surface area contributed by atoms with E-state index in [0.29, 0.717) is 12.0 Å². The molecule has 7 heteroatoms. The standard InChI is InChI=1S/C19H22N2O4S/c1-3-4-9-19(22)21-20-14-16-7-5-6-8-18(16)25-26(23,24)17-12-10-15(2)11-13-17/h5-8,10-14H,3-4,9H2,1-2H3,(H,21,22)/b20-14-. The number of unbranched alkanes of at least 4 members (excludes halogenated alkanes) is 1. The summed E-state index contributed by atoms with van der Waals surface area (Å²) >= 11 is 0. The molecule has 1 N–H and O–H groups in total. The van der Waals surface area contributed by atoms with Gasteiger partial charge in [0, 0.05) is 12.0 Å². The van der Waals surface area contributed by atoms with Crippen molar-refractivity contribution in [1.29, 1.82) is 0 Å². The van der Waals surface area contributed by atoms with E-state index in [1.807, 2.05) is 13.8 Å². The molecule has 0 aromatic heterocycles. The summed E-state index contributed by atoms with van der Waals surface area (Å²) in [5.41, 5.74) is 3.82. The van der Waals surface area contributed by atoms with Crippen LogP contribution < -0.4 is 9.61 Å². The van der Waals surface area contributed by atoms with Gasteiger partial charge in [0.15, 0.2) is 5.75 Å². The van der Waals surface area contributed by atoms with Crippen LogP contribution in [0.3, 0.4) is 0 Å². The lowest BCUT2D eigenvalue weighted by molar-refractivity contribution is -0.121. The number of hydrogen-bond acceptors (Lipinski definition) is 5. The molecule has 2 aromatic carbocycles. The van der Waals surface area contributed by atoms with Crippen LogP contribution in [0.1, 0.15) is 37.3 Å². The van der Waals surface area contributed by atoms with Crippen molar-refractivity contribution >= 4 is 22.2 Å². The first-order chi connectivity index (χ1) is 12.4. The number of para-hydroxylation sites is 1. The Morgan fingerprint density at radius 1 is 1.15 bits per heavy atom. The zero-order chi connectivity index (χ0) is 19.0. The number of benzene rings is 2. The van der Waals surface area contributed by atoms with E-state index in [0.717, 1.165) is 18.4 Å². The highest BCUT2D eigenvalue weighted by atomic mass is 32.2. The van der Waals surface area contributed by atoms with Crippen LogP contribution in [0.15, 0.2) is 58.5 Å². The van der Waals surface area contributed by atoms with Crippen molar-refractivity contribution in [2.45, 2.75) is 38.0 Å². The molecule has 2 aromatic rings. The zero-order valence-corrected chi connectivity index (χ0v) is 15.6. The topological polar surface area (TPSA) is 84.8 Å². The molecule has 0 aliphatic carbocycles. The molecule has 0 atom stereocenters. The summed E-state index contributed by atoms with van der Waals surface area (Å²) < 4.78 is 30.1. The molecule has 0 radical (unpaired) electrons. The normalized spacial score (nSPS) is 11.5. The minimum Gasteiger partial charge on any atom is -0.378 e. The maximum Gasteiger partial charge on any atom is 0.339 e. The van der Waals surface area contributed by atoms with Crippen LogP contribution in [0.2, 0.25) is 0 Å².